The summed E-state index contributed by atoms with van der Waals surface area (Å²) in [5.74, 6) is 0.00699. The monoisotopic (exact) mass is 206 g/mol. The summed E-state index contributed by atoms with van der Waals surface area (Å²) in [6, 6.07) is 3.85. The lowest BCUT2D eigenvalue weighted by atomic mass is 10.2. The SMILES string of the molecule is Cc1cccnc1CN1CC(O)CC1=O. The smallest absolute Gasteiger partial charge is 0.225 e. The molecule has 4 nitrogen and oxygen atoms in total. The Hall–Kier alpha value is -1.42. The number of rotatable bonds is 2. The van der Waals surface area contributed by atoms with Crippen molar-refractivity contribution in [3.8, 4) is 0 Å². The molecule has 1 aromatic rings. The number of nitrogens with zero attached hydrogens (tertiary/aromatic N) is 2. The zero-order valence-electron chi connectivity index (χ0n) is 8.68. The third-order valence-corrected chi connectivity index (χ3v) is 2.65. The number of aryl methyl sites for hydroxylation is 1. The number of amides is 1. The normalized spacial score (nSPS) is 21.1. The number of hydrogen-bond donors (Lipinski definition) is 1. The molecule has 15 heavy (non-hydrogen) atoms. The molecule has 1 saturated heterocycles. The fourth-order valence-electron chi connectivity index (χ4n) is 1.77. The summed E-state index contributed by atoms with van der Waals surface area (Å²) in [6.07, 6.45) is 1.45. The maximum atomic E-state index is 11.4. The molecule has 0 radical (unpaired) electrons. The molecule has 0 bridgehead atoms. The van der Waals surface area contributed by atoms with Gasteiger partial charge in [0.2, 0.25) is 5.91 Å². The Labute approximate surface area is 88.6 Å². The van der Waals surface area contributed by atoms with Gasteiger partial charge in [-0.2, -0.15) is 0 Å². The number of aliphatic hydroxyl groups excluding tert-OH is 1. The highest BCUT2D eigenvalue weighted by atomic mass is 16.3. The minimum atomic E-state index is -0.512. The summed E-state index contributed by atoms with van der Waals surface area (Å²) >= 11 is 0. The molecule has 0 spiro atoms. The van der Waals surface area contributed by atoms with Crippen LogP contribution in [0.15, 0.2) is 18.3 Å². The average Bonchev–Trinajstić information content (AvgIpc) is 2.49. The Kier molecular flexibility index (Phi) is 2.68. The van der Waals surface area contributed by atoms with Crippen LogP contribution in [0.5, 0.6) is 0 Å². The largest absolute Gasteiger partial charge is 0.391 e. The molecule has 1 aromatic heterocycles. The molecular formula is C11H14N2O2. The molecule has 1 atom stereocenters. The summed E-state index contributed by atoms with van der Waals surface area (Å²) in [5, 5.41) is 9.33. The molecule has 1 N–H and O–H groups in total. The summed E-state index contributed by atoms with van der Waals surface area (Å²) in [6.45, 7) is 2.90. The Bertz CT molecular complexity index is 379. The van der Waals surface area contributed by atoms with E-state index in [9.17, 15) is 9.90 Å². The lowest BCUT2D eigenvalue weighted by molar-refractivity contribution is -0.128. The van der Waals surface area contributed by atoms with E-state index in [-0.39, 0.29) is 12.3 Å². The van der Waals surface area contributed by atoms with E-state index in [1.165, 1.54) is 0 Å². The first-order valence-corrected chi connectivity index (χ1v) is 5.03. The maximum absolute atomic E-state index is 11.4. The van der Waals surface area contributed by atoms with Crippen LogP contribution in [0.4, 0.5) is 0 Å². The Morgan fingerprint density at radius 2 is 2.47 bits per heavy atom. The average molecular weight is 206 g/mol. The van der Waals surface area contributed by atoms with Crippen LogP contribution in [0, 0.1) is 6.92 Å². The van der Waals surface area contributed by atoms with Crippen molar-refractivity contribution < 1.29 is 9.90 Å². The van der Waals surface area contributed by atoms with Gasteiger partial charge in [-0.1, -0.05) is 6.07 Å². The second-order valence-corrected chi connectivity index (χ2v) is 3.90. The van der Waals surface area contributed by atoms with E-state index in [0.29, 0.717) is 13.1 Å². The first-order chi connectivity index (χ1) is 7.16. The molecular weight excluding hydrogens is 192 g/mol. The zero-order chi connectivity index (χ0) is 10.8. The Balaban J connectivity index is 2.09. The van der Waals surface area contributed by atoms with Crippen molar-refractivity contribution in [2.45, 2.75) is 26.0 Å². The van der Waals surface area contributed by atoms with Crippen molar-refractivity contribution in [3.05, 3.63) is 29.6 Å². The van der Waals surface area contributed by atoms with Gasteiger partial charge in [-0.15, -0.1) is 0 Å². The quantitative estimate of drug-likeness (QED) is 0.766. The van der Waals surface area contributed by atoms with Crippen LogP contribution in [0.25, 0.3) is 0 Å². The van der Waals surface area contributed by atoms with Crippen molar-refractivity contribution in [1.82, 2.24) is 9.88 Å². The number of aliphatic hydroxyl groups is 1. The van der Waals surface area contributed by atoms with Crippen LogP contribution in [-0.2, 0) is 11.3 Å². The first kappa shape index (κ1) is 10.1. The van der Waals surface area contributed by atoms with Gasteiger partial charge < -0.3 is 10.0 Å². The maximum Gasteiger partial charge on any atom is 0.225 e. The molecule has 1 aliphatic rings. The zero-order valence-corrected chi connectivity index (χ0v) is 8.68. The van der Waals surface area contributed by atoms with E-state index in [2.05, 4.69) is 4.98 Å². The van der Waals surface area contributed by atoms with Crippen molar-refractivity contribution in [2.24, 2.45) is 0 Å². The molecule has 2 rings (SSSR count). The first-order valence-electron chi connectivity index (χ1n) is 5.03. The van der Waals surface area contributed by atoms with Crippen molar-refractivity contribution in [1.29, 1.82) is 0 Å². The van der Waals surface area contributed by atoms with Crippen molar-refractivity contribution in [2.75, 3.05) is 6.54 Å². The fourth-order valence-corrected chi connectivity index (χ4v) is 1.77. The van der Waals surface area contributed by atoms with Gasteiger partial charge in [-0.3, -0.25) is 9.78 Å². The fraction of sp³-hybridized carbons (Fsp3) is 0.455. The van der Waals surface area contributed by atoms with Gasteiger partial charge in [0.1, 0.15) is 0 Å². The number of hydrogen-bond acceptors (Lipinski definition) is 3. The number of likely N-dealkylation sites (tertiary alicyclic amines) is 1. The molecule has 4 heteroatoms. The molecule has 1 fully saturated rings. The topological polar surface area (TPSA) is 53.4 Å². The molecule has 80 valence electrons. The number of β-amino-alcohol motifs (C(OH)–C–C–N with tert-alkyl or cyclic N) is 1. The lowest BCUT2D eigenvalue weighted by Gasteiger charge is -2.16. The highest BCUT2D eigenvalue weighted by molar-refractivity contribution is 5.78. The number of pyridine rings is 1. The van der Waals surface area contributed by atoms with Gasteiger partial charge >= 0.3 is 0 Å². The van der Waals surface area contributed by atoms with Gasteiger partial charge in [0.15, 0.2) is 0 Å². The third-order valence-electron chi connectivity index (χ3n) is 2.65. The van der Waals surface area contributed by atoms with E-state index in [1.807, 2.05) is 19.1 Å². The lowest BCUT2D eigenvalue weighted by Crippen LogP contribution is -2.26. The molecule has 0 saturated carbocycles. The van der Waals surface area contributed by atoms with E-state index in [4.69, 9.17) is 0 Å². The predicted molar refractivity (Wildman–Crippen MR) is 55.0 cm³/mol. The molecule has 2 heterocycles. The summed E-state index contributed by atoms with van der Waals surface area (Å²) in [4.78, 5) is 17.3. The summed E-state index contributed by atoms with van der Waals surface area (Å²) < 4.78 is 0. The van der Waals surface area contributed by atoms with Gasteiger partial charge in [0.25, 0.3) is 0 Å². The van der Waals surface area contributed by atoms with Crippen LogP contribution in [0.3, 0.4) is 0 Å². The molecule has 1 unspecified atom stereocenters. The Morgan fingerprint density at radius 3 is 3.07 bits per heavy atom. The van der Waals surface area contributed by atoms with Gasteiger partial charge in [-0.05, 0) is 18.6 Å². The van der Waals surface area contributed by atoms with Gasteiger partial charge in [-0.25, -0.2) is 0 Å². The van der Waals surface area contributed by atoms with Crippen molar-refractivity contribution in [3.63, 3.8) is 0 Å². The number of carbonyl (C=O) groups is 1. The van der Waals surface area contributed by atoms with Gasteiger partial charge in [0.05, 0.1) is 24.8 Å². The summed E-state index contributed by atoms with van der Waals surface area (Å²) in [5.41, 5.74) is 1.98. The van der Waals surface area contributed by atoms with Crippen LogP contribution in [-0.4, -0.2) is 33.5 Å². The molecule has 0 aromatic carbocycles. The minimum Gasteiger partial charge on any atom is -0.391 e. The Morgan fingerprint density at radius 1 is 1.67 bits per heavy atom. The highest BCUT2D eigenvalue weighted by Crippen LogP contribution is 2.15. The van der Waals surface area contributed by atoms with Crippen LogP contribution in [0.2, 0.25) is 0 Å². The van der Waals surface area contributed by atoms with Crippen molar-refractivity contribution >= 4 is 5.91 Å². The van der Waals surface area contributed by atoms with E-state index in [0.717, 1.165) is 11.3 Å². The highest BCUT2D eigenvalue weighted by Gasteiger charge is 2.28. The summed E-state index contributed by atoms with van der Waals surface area (Å²) in [7, 11) is 0. The second-order valence-electron chi connectivity index (χ2n) is 3.90. The number of aromatic nitrogens is 1. The molecule has 1 amide bonds. The predicted octanol–water partition coefficient (Wildman–Crippen LogP) is 0.483. The van der Waals surface area contributed by atoms with Crippen LogP contribution < -0.4 is 0 Å². The standard InChI is InChI=1S/C11H14N2O2/c1-8-3-2-4-12-10(8)7-13-6-9(14)5-11(13)15/h2-4,9,14H,5-7H2,1H3. The van der Waals surface area contributed by atoms with Gasteiger partial charge in [0, 0.05) is 12.7 Å². The minimum absolute atomic E-state index is 0.00699. The van der Waals surface area contributed by atoms with E-state index >= 15 is 0 Å². The molecule has 1 aliphatic heterocycles. The third kappa shape index (κ3) is 2.15. The van der Waals surface area contributed by atoms with E-state index < -0.39 is 6.10 Å². The number of carbonyl (C=O) groups excluding carboxylic acids is 1. The van der Waals surface area contributed by atoms with Crippen LogP contribution in [0.1, 0.15) is 17.7 Å². The second kappa shape index (κ2) is 3.98. The molecule has 0 aliphatic carbocycles. The van der Waals surface area contributed by atoms with E-state index in [1.54, 1.807) is 11.1 Å². The van der Waals surface area contributed by atoms with Crippen LogP contribution >= 0.6 is 0 Å².